The van der Waals surface area contributed by atoms with E-state index >= 15 is 0 Å². The highest BCUT2D eigenvalue weighted by molar-refractivity contribution is 6.31. The summed E-state index contributed by atoms with van der Waals surface area (Å²) < 4.78 is 18.9. The average molecular weight is 335 g/mol. The van der Waals surface area contributed by atoms with Crippen molar-refractivity contribution in [2.75, 3.05) is 13.7 Å². The molecule has 122 valence electrons. The number of rotatable bonds is 4. The van der Waals surface area contributed by atoms with E-state index in [9.17, 15) is 4.39 Å². The summed E-state index contributed by atoms with van der Waals surface area (Å²) in [4.78, 5) is 6.33. The van der Waals surface area contributed by atoms with Crippen LogP contribution in [0.4, 0.5) is 4.39 Å². The minimum atomic E-state index is -0.217. The lowest BCUT2D eigenvalue weighted by atomic mass is 9.96. The lowest BCUT2D eigenvalue weighted by Crippen LogP contribution is -2.37. The molecule has 1 aliphatic rings. The number of ether oxygens (including phenoxy) is 1. The molecule has 0 aliphatic carbocycles. The van der Waals surface area contributed by atoms with E-state index in [0.717, 1.165) is 30.5 Å². The molecule has 0 spiro atoms. The lowest BCUT2D eigenvalue weighted by Gasteiger charge is -2.35. The third-order valence-electron chi connectivity index (χ3n) is 4.40. The molecule has 5 heteroatoms. The maximum absolute atomic E-state index is 13.1. The fourth-order valence-corrected chi connectivity index (χ4v) is 3.20. The molecule has 2 heterocycles. The number of nitrogens with zero attached hydrogens (tertiary/aromatic N) is 2. The summed E-state index contributed by atoms with van der Waals surface area (Å²) in [7, 11) is 2.11. The number of halogens is 2. The predicted molar refractivity (Wildman–Crippen MR) is 88.8 cm³/mol. The zero-order chi connectivity index (χ0) is 16.2. The summed E-state index contributed by atoms with van der Waals surface area (Å²) in [5, 5.41) is 0.696. The first-order valence-electron chi connectivity index (χ1n) is 7.79. The molecule has 0 bridgehead atoms. The molecule has 3 rings (SSSR count). The van der Waals surface area contributed by atoms with E-state index in [1.54, 1.807) is 12.4 Å². The van der Waals surface area contributed by atoms with Crippen molar-refractivity contribution >= 4 is 11.6 Å². The molecular weight excluding hydrogens is 315 g/mol. The summed E-state index contributed by atoms with van der Waals surface area (Å²) in [6, 6.07) is 8.95. The van der Waals surface area contributed by atoms with E-state index in [2.05, 4.69) is 16.9 Å². The zero-order valence-electron chi connectivity index (χ0n) is 13.1. The van der Waals surface area contributed by atoms with Gasteiger partial charge >= 0.3 is 0 Å². The molecule has 1 saturated heterocycles. The van der Waals surface area contributed by atoms with Gasteiger partial charge in [-0.1, -0.05) is 23.7 Å². The van der Waals surface area contributed by atoms with Crippen molar-refractivity contribution in [1.29, 1.82) is 0 Å². The molecule has 0 N–H and O–H groups in total. The first-order chi connectivity index (χ1) is 11.1. The van der Waals surface area contributed by atoms with Crippen LogP contribution in [-0.2, 0) is 11.3 Å². The van der Waals surface area contributed by atoms with E-state index < -0.39 is 0 Å². The van der Waals surface area contributed by atoms with Crippen LogP contribution in [0.15, 0.2) is 42.7 Å². The minimum Gasteiger partial charge on any atom is -0.373 e. The van der Waals surface area contributed by atoms with Gasteiger partial charge in [0.2, 0.25) is 0 Å². The second-order valence-corrected chi connectivity index (χ2v) is 6.38. The first-order valence-corrected chi connectivity index (χ1v) is 8.17. The van der Waals surface area contributed by atoms with Crippen molar-refractivity contribution in [2.24, 2.45) is 0 Å². The third kappa shape index (κ3) is 4.08. The Labute approximate surface area is 141 Å². The molecule has 2 unspecified atom stereocenters. The van der Waals surface area contributed by atoms with Gasteiger partial charge in [-0.15, -0.1) is 0 Å². The van der Waals surface area contributed by atoms with Crippen LogP contribution in [0.2, 0.25) is 5.02 Å². The Kier molecular flexibility index (Phi) is 5.26. The van der Waals surface area contributed by atoms with E-state index in [-0.39, 0.29) is 11.9 Å². The fraction of sp³-hybridized carbons (Fsp3) is 0.389. The second-order valence-electron chi connectivity index (χ2n) is 5.97. The quantitative estimate of drug-likeness (QED) is 0.836. The maximum atomic E-state index is 13.1. The molecule has 0 amide bonds. The summed E-state index contributed by atoms with van der Waals surface area (Å²) >= 11 is 6.20. The summed E-state index contributed by atoms with van der Waals surface area (Å²) in [5.41, 5.74) is 2.11. The van der Waals surface area contributed by atoms with Gasteiger partial charge in [0, 0.05) is 31.6 Å². The summed E-state index contributed by atoms with van der Waals surface area (Å²) in [5.74, 6) is -0.217. The molecule has 1 aromatic carbocycles. The summed E-state index contributed by atoms with van der Waals surface area (Å²) in [6.07, 6.45) is 5.34. The molecule has 0 radical (unpaired) electrons. The van der Waals surface area contributed by atoms with Crippen LogP contribution in [0.1, 0.15) is 30.1 Å². The molecular formula is C18H20ClFN2O. The van der Waals surface area contributed by atoms with Gasteiger partial charge in [0.05, 0.1) is 11.1 Å². The standard InChI is InChI=1S/C18H20ClFN2O/c1-22(12-14-6-8-21-11-17(14)19)16-7-9-23-18(10-16)13-2-4-15(20)5-3-13/h2-6,8,11,16,18H,7,9-10,12H2,1H3. The van der Waals surface area contributed by atoms with Gasteiger partial charge in [0.15, 0.2) is 0 Å². The van der Waals surface area contributed by atoms with Crippen LogP contribution >= 0.6 is 11.6 Å². The van der Waals surface area contributed by atoms with Crippen molar-refractivity contribution in [3.8, 4) is 0 Å². The molecule has 1 fully saturated rings. The number of hydrogen-bond donors (Lipinski definition) is 0. The SMILES string of the molecule is CN(Cc1ccncc1Cl)C1CCOC(c2ccc(F)cc2)C1. The monoisotopic (exact) mass is 334 g/mol. The number of aromatic nitrogens is 1. The van der Waals surface area contributed by atoms with Gasteiger partial charge in [0.25, 0.3) is 0 Å². The second kappa shape index (κ2) is 7.39. The molecule has 23 heavy (non-hydrogen) atoms. The van der Waals surface area contributed by atoms with Gasteiger partial charge in [-0.05, 0) is 49.2 Å². The predicted octanol–water partition coefficient (Wildman–Crippen LogP) is 4.23. The highest BCUT2D eigenvalue weighted by Crippen LogP contribution is 2.31. The van der Waals surface area contributed by atoms with Crippen molar-refractivity contribution in [2.45, 2.75) is 31.5 Å². The molecule has 1 aromatic heterocycles. The van der Waals surface area contributed by atoms with E-state index in [4.69, 9.17) is 16.3 Å². The van der Waals surface area contributed by atoms with Crippen molar-refractivity contribution in [3.05, 3.63) is 64.7 Å². The minimum absolute atomic E-state index is 0.0183. The highest BCUT2D eigenvalue weighted by Gasteiger charge is 2.26. The van der Waals surface area contributed by atoms with Gasteiger partial charge in [-0.2, -0.15) is 0 Å². The number of benzene rings is 1. The van der Waals surface area contributed by atoms with E-state index in [0.29, 0.717) is 17.7 Å². The normalized spacial score (nSPS) is 21.6. The van der Waals surface area contributed by atoms with Crippen molar-refractivity contribution < 1.29 is 9.13 Å². The number of pyridine rings is 1. The Hall–Kier alpha value is -1.49. The molecule has 2 aromatic rings. The highest BCUT2D eigenvalue weighted by atomic mass is 35.5. The Morgan fingerprint density at radius 3 is 2.83 bits per heavy atom. The Bertz CT molecular complexity index is 650. The van der Waals surface area contributed by atoms with Crippen LogP contribution in [0, 0.1) is 5.82 Å². The topological polar surface area (TPSA) is 25.4 Å². The largest absolute Gasteiger partial charge is 0.373 e. The molecule has 0 saturated carbocycles. The smallest absolute Gasteiger partial charge is 0.123 e. The van der Waals surface area contributed by atoms with Crippen molar-refractivity contribution in [1.82, 2.24) is 9.88 Å². The Balaban J connectivity index is 1.66. The van der Waals surface area contributed by atoms with E-state index in [1.165, 1.54) is 12.1 Å². The van der Waals surface area contributed by atoms with Gasteiger partial charge in [0.1, 0.15) is 5.82 Å². The fourth-order valence-electron chi connectivity index (χ4n) is 3.02. The molecule has 1 aliphatic heterocycles. The average Bonchev–Trinajstić information content (AvgIpc) is 2.58. The Morgan fingerprint density at radius 2 is 2.09 bits per heavy atom. The molecule has 2 atom stereocenters. The summed E-state index contributed by atoms with van der Waals surface area (Å²) in [6.45, 7) is 1.49. The lowest BCUT2D eigenvalue weighted by molar-refractivity contribution is -0.0249. The van der Waals surface area contributed by atoms with Crippen LogP contribution in [0.5, 0.6) is 0 Å². The van der Waals surface area contributed by atoms with E-state index in [1.807, 2.05) is 18.2 Å². The van der Waals surface area contributed by atoms with Crippen LogP contribution in [0.25, 0.3) is 0 Å². The Morgan fingerprint density at radius 1 is 1.30 bits per heavy atom. The van der Waals surface area contributed by atoms with Crippen LogP contribution in [-0.4, -0.2) is 29.6 Å². The van der Waals surface area contributed by atoms with Crippen LogP contribution in [0.3, 0.4) is 0 Å². The van der Waals surface area contributed by atoms with Gasteiger partial charge in [-0.3, -0.25) is 9.88 Å². The van der Waals surface area contributed by atoms with Gasteiger partial charge in [-0.25, -0.2) is 4.39 Å². The van der Waals surface area contributed by atoms with Crippen LogP contribution < -0.4 is 0 Å². The zero-order valence-corrected chi connectivity index (χ0v) is 13.8. The maximum Gasteiger partial charge on any atom is 0.123 e. The third-order valence-corrected chi connectivity index (χ3v) is 4.74. The van der Waals surface area contributed by atoms with Crippen molar-refractivity contribution in [3.63, 3.8) is 0 Å². The number of hydrogen-bond acceptors (Lipinski definition) is 3. The first kappa shape index (κ1) is 16.4. The molecule has 3 nitrogen and oxygen atoms in total. The van der Waals surface area contributed by atoms with Gasteiger partial charge < -0.3 is 4.74 Å².